The van der Waals surface area contributed by atoms with E-state index in [9.17, 15) is 4.79 Å². The van der Waals surface area contributed by atoms with Crippen molar-refractivity contribution in [2.45, 2.75) is 25.7 Å². The highest BCUT2D eigenvalue weighted by Crippen LogP contribution is 2.35. The summed E-state index contributed by atoms with van der Waals surface area (Å²) in [4.78, 5) is 23.0. The number of nitrogens with zero attached hydrogens (tertiary/aromatic N) is 3. The second-order valence-electron chi connectivity index (χ2n) is 8.57. The Labute approximate surface area is 209 Å². The summed E-state index contributed by atoms with van der Waals surface area (Å²) in [5.74, 6) is 1.76. The molecule has 0 atom stereocenters. The molecule has 5 nitrogen and oxygen atoms in total. The van der Waals surface area contributed by atoms with Crippen LogP contribution >= 0.6 is 24.0 Å². The summed E-state index contributed by atoms with van der Waals surface area (Å²) < 4.78 is 5.84. The van der Waals surface area contributed by atoms with Gasteiger partial charge in [-0.05, 0) is 61.6 Å². The lowest BCUT2D eigenvalue weighted by Crippen LogP contribution is -2.31. The van der Waals surface area contributed by atoms with Gasteiger partial charge >= 0.3 is 0 Å². The molecule has 0 saturated carbocycles. The number of thiocarbonyl (C=S) groups is 1. The maximum atomic E-state index is 13.3. The highest BCUT2D eigenvalue weighted by Gasteiger charge is 2.32. The minimum atomic E-state index is -0.0266. The van der Waals surface area contributed by atoms with Crippen molar-refractivity contribution in [3.63, 3.8) is 0 Å². The summed E-state index contributed by atoms with van der Waals surface area (Å²) in [6.45, 7) is 2.55. The fraction of sp³-hybridized carbons (Fsp3) is 0.296. The summed E-state index contributed by atoms with van der Waals surface area (Å²) in [6, 6.07) is 18.2. The second-order valence-corrected chi connectivity index (χ2v) is 10.2. The lowest BCUT2D eigenvalue weighted by Gasteiger charge is -2.29. The van der Waals surface area contributed by atoms with Crippen LogP contribution in [0.5, 0.6) is 5.75 Å². The Hall–Kier alpha value is -2.90. The predicted octanol–water partition coefficient (Wildman–Crippen LogP) is 5.68. The van der Waals surface area contributed by atoms with E-state index in [2.05, 4.69) is 17.0 Å². The minimum absolute atomic E-state index is 0.0266. The molecule has 3 heterocycles. The molecule has 2 saturated heterocycles. The van der Waals surface area contributed by atoms with Crippen molar-refractivity contribution in [2.75, 3.05) is 31.6 Å². The molecule has 174 valence electrons. The van der Waals surface area contributed by atoms with E-state index >= 15 is 0 Å². The Bertz CT molecular complexity index is 1250. The van der Waals surface area contributed by atoms with E-state index < -0.39 is 0 Å². The number of thioether (sulfide) groups is 1. The number of amides is 1. The Morgan fingerprint density at radius 3 is 2.62 bits per heavy atom. The number of ether oxygens (including phenoxy) is 1. The number of para-hydroxylation sites is 1. The van der Waals surface area contributed by atoms with Crippen molar-refractivity contribution in [2.24, 2.45) is 0 Å². The van der Waals surface area contributed by atoms with Crippen molar-refractivity contribution >= 4 is 57.0 Å². The van der Waals surface area contributed by atoms with Crippen LogP contribution in [-0.4, -0.2) is 46.9 Å². The monoisotopic (exact) mass is 489 g/mol. The maximum Gasteiger partial charge on any atom is 0.266 e. The van der Waals surface area contributed by atoms with Crippen molar-refractivity contribution in [1.29, 1.82) is 0 Å². The first-order chi connectivity index (χ1) is 16.6. The molecule has 2 aromatic carbocycles. The number of anilines is 1. The van der Waals surface area contributed by atoms with Gasteiger partial charge in [0.25, 0.3) is 5.91 Å². The summed E-state index contributed by atoms with van der Waals surface area (Å²) in [5.41, 5.74) is 3.11. The van der Waals surface area contributed by atoms with E-state index in [1.807, 2.05) is 48.5 Å². The molecule has 0 spiro atoms. The summed E-state index contributed by atoms with van der Waals surface area (Å²) in [6.07, 6.45) is 6.31. The SMILES string of the molecule is COc1ccc(CCN2C(=O)/C(=C/c3cc4ccccc4nc3N3CCCCC3)SC2=S)cc1. The van der Waals surface area contributed by atoms with Gasteiger partial charge in [-0.3, -0.25) is 9.69 Å². The van der Waals surface area contributed by atoms with E-state index in [1.54, 1.807) is 12.0 Å². The fourth-order valence-electron chi connectivity index (χ4n) is 4.45. The van der Waals surface area contributed by atoms with Crippen LogP contribution < -0.4 is 9.64 Å². The zero-order chi connectivity index (χ0) is 23.5. The van der Waals surface area contributed by atoms with Gasteiger partial charge in [-0.1, -0.05) is 54.3 Å². The number of fused-ring (bicyclic) bond motifs is 1. The molecule has 0 bridgehead atoms. The maximum absolute atomic E-state index is 13.3. The zero-order valence-corrected chi connectivity index (χ0v) is 20.8. The predicted molar refractivity (Wildman–Crippen MR) is 144 cm³/mol. The number of methoxy groups -OCH3 is 1. The van der Waals surface area contributed by atoms with Crippen LogP contribution in [-0.2, 0) is 11.2 Å². The van der Waals surface area contributed by atoms with Crippen molar-refractivity contribution in [3.05, 3.63) is 70.6 Å². The van der Waals surface area contributed by atoms with Gasteiger partial charge in [0.15, 0.2) is 0 Å². The first kappa shape index (κ1) is 22.9. The third kappa shape index (κ3) is 4.81. The van der Waals surface area contributed by atoms with Crippen LogP contribution in [0, 0.1) is 0 Å². The Morgan fingerprint density at radius 1 is 1.09 bits per heavy atom. The highest BCUT2D eigenvalue weighted by molar-refractivity contribution is 8.26. The average molecular weight is 490 g/mol. The van der Waals surface area contributed by atoms with Crippen molar-refractivity contribution in [1.82, 2.24) is 9.88 Å². The van der Waals surface area contributed by atoms with Gasteiger partial charge in [-0.15, -0.1) is 0 Å². The number of piperidine rings is 1. The second kappa shape index (κ2) is 10.2. The number of pyridine rings is 1. The number of carbonyl (C=O) groups excluding carboxylic acids is 1. The largest absolute Gasteiger partial charge is 0.497 e. The number of hydrogen-bond acceptors (Lipinski definition) is 6. The molecule has 1 aromatic heterocycles. The summed E-state index contributed by atoms with van der Waals surface area (Å²) in [5, 5.41) is 1.07. The Kier molecular flexibility index (Phi) is 6.83. The summed E-state index contributed by atoms with van der Waals surface area (Å²) >= 11 is 6.96. The first-order valence-corrected chi connectivity index (χ1v) is 12.9. The zero-order valence-electron chi connectivity index (χ0n) is 19.2. The molecule has 2 aliphatic rings. The van der Waals surface area contributed by atoms with Gasteiger partial charge in [0.05, 0.1) is 17.5 Å². The number of carbonyl (C=O) groups is 1. The van der Waals surface area contributed by atoms with Gasteiger partial charge in [0.2, 0.25) is 0 Å². The van der Waals surface area contributed by atoms with Crippen molar-refractivity contribution < 1.29 is 9.53 Å². The molecular formula is C27H27N3O2S2. The van der Waals surface area contributed by atoms with E-state index in [4.69, 9.17) is 21.9 Å². The molecule has 5 rings (SSSR count). The lowest BCUT2D eigenvalue weighted by atomic mass is 10.1. The van der Waals surface area contributed by atoms with E-state index in [-0.39, 0.29) is 5.91 Å². The topological polar surface area (TPSA) is 45.7 Å². The fourth-order valence-corrected chi connectivity index (χ4v) is 5.75. The van der Waals surface area contributed by atoms with E-state index in [1.165, 1.54) is 31.0 Å². The standard InChI is InChI=1S/C27H27N3O2S2/c1-32-22-11-9-19(10-12-22)13-16-30-26(31)24(34-27(30)33)18-21-17-20-7-3-4-8-23(20)28-25(21)29-14-5-2-6-15-29/h3-4,7-12,17-18H,2,5-6,13-16H2,1H3/b24-18-. The number of aromatic nitrogens is 1. The number of rotatable bonds is 6. The molecule has 2 aliphatic heterocycles. The van der Waals surface area contributed by atoms with E-state index in [0.717, 1.165) is 53.1 Å². The van der Waals surface area contributed by atoms with Crippen LogP contribution in [0.15, 0.2) is 59.5 Å². The van der Waals surface area contributed by atoms with Gasteiger partial charge in [0, 0.05) is 30.6 Å². The molecule has 0 aliphatic carbocycles. The third-order valence-electron chi connectivity index (χ3n) is 6.33. The van der Waals surface area contributed by atoms with E-state index in [0.29, 0.717) is 15.8 Å². The molecule has 0 N–H and O–H groups in total. The van der Waals surface area contributed by atoms with Gasteiger partial charge in [-0.25, -0.2) is 4.98 Å². The van der Waals surface area contributed by atoms with Gasteiger partial charge in [0.1, 0.15) is 15.9 Å². The quantitative estimate of drug-likeness (QED) is 0.328. The molecule has 3 aromatic rings. The third-order valence-corrected chi connectivity index (χ3v) is 7.71. The molecule has 0 unspecified atom stereocenters. The molecule has 34 heavy (non-hydrogen) atoms. The molecule has 7 heteroatoms. The normalized spacial score (nSPS) is 17.7. The minimum Gasteiger partial charge on any atom is -0.497 e. The molecule has 2 fully saturated rings. The van der Waals surface area contributed by atoms with Crippen molar-refractivity contribution in [3.8, 4) is 5.75 Å². The molecular weight excluding hydrogens is 462 g/mol. The van der Waals surface area contributed by atoms with Crippen LogP contribution in [0.25, 0.3) is 17.0 Å². The van der Waals surface area contributed by atoms with Gasteiger partial charge < -0.3 is 9.64 Å². The Morgan fingerprint density at radius 2 is 1.85 bits per heavy atom. The summed E-state index contributed by atoms with van der Waals surface area (Å²) in [7, 11) is 1.66. The Balaban J connectivity index is 1.40. The average Bonchev–Trinajstić information content (AvgIpc) is 3.15. The highest BCUT2D eigenvalue weighted by atomic mass is 32.2. The van der Waals surface area contributed by atoms with Crippen LogP contribution in [0.3, 0.4) is 0 Å². The number of benzene rings is 2. The molecule has 1 amide bonds. The first-order valence-electron chi connectivity index (χ1n) is 11.7. The lowest BCUT2D eigenvalue weighted by molar-refractivity contribution is -0.122. The molecule has 0 radical (unpaired) electrons. The number of hydrogen-bond donors (Lipinski definition) is 0. The van der Waals surface area contributed by atoms with Crippen LogP contribution in [0.2, 0.25) is 0 Å². The smallest absolute Gasteiger partial charge is 0.266 e. The van der Waals surface area contributed by atoms with Gasteiger partial charge in [-0.2, -0.15) is 0 Å². The van der Waals surface area contributed by atoms with Crippen LogP contribution in [0.4, 0.5) is 5.82 Å². The van der Waals surface area contributed by atoms with Crippen LogP contribution in [0.1, 0.15) is 30.4 Å².